The summed E-state index contributed by atoms with van der Waals surface area (Å²) in [5.74, 6) is 2.09. The molecular weight excluding hydrogens is 328 g/mol. The molecule has 0 saturated carbocycles. The van der Waals surface area contributed by atoms with Gasteiger partial charge in [0, 0.05) is 18.5 Å². The summed E-state index contributed by atoms with van der Waals surface area (Å²) in [6.07, 6.45) is 3.53. The number of aryl methyl sites for hydroxylation is 2. The van der Waals surface area contributed by atoms with Crippen molar-refractivity contribution in [1.82, 2.24) is 19.7 Å². The summed E-state index contributed by atoms with van der Waals surface area (Å²) in [6.45, 7) is 3.51. The average molecular weight is 348 g/mol. The lowest BCUT2D eigenvalue weighted by Gasteiger charge is -2.07. The number of fused-ring (bicyclic) bond motifs is 1. The van der Waals surface area contributed by atoms with E-state index < -0.39 is 0 Å². The first-order valence-corrected chi connectivity index (χ1v) is 8.79. The third-order valence-corrected chi connectivity index (χ3v) is 4.22. The molecule has 0 saturated heterocycles. The minimum Gasteiger partial charge on any atom is -0.494 e. The summed E-state index contributed by atoms with van der Waals surface area (Å²) in [7, 11) is 0. The predicted octanol–water partition coefficient (Wildman–Crippen LogP) is 4.12. The van der Waals surface area contributed by atoms with Crippen molar-refractivity contribution in [3.63, 3.8) is 0 Å². The summed E-state index contributed by atoms with van der Waals surface area (Å²) < 4.78 is 13.1. The molecule has 0 spiro atoms. The highest BCUT2D eigenvalue weighted by atomic mass is 16.5. The van der Waals surface area contributed by atoms with Crippen molar-refractivity contribution in [2.75, 3.05) is 6.61 Å². The molecule has 6 heteroatoms. The predicted molar refractivity (Wildman–Crippen MR) is 99.0 cm³/mol. The molecule has 0 N–H and O–H groups in total. The van der Waals surface area contributed by atoms with E-state index in [0.29, 0.717) is 18.3 Å². The fraction of sp³-hybridized carbons (Fsp3) is 0.250. The van der Waals surface area contributed by atoms with Crippen LogP contribution < -0.4 is 4.74 Å². The number of para-hydroxylation sites is 2. The number of nitrogens with zero attached hydrogens (tertiary/aromatic N) is 4. The summed E-state index contributed by atoms with van der Waals surface area (Å²) in [6, 6.07) is 15.9. The normalized spacial score (nSPS) is 11.1. The van der Waals surface area contributed by atoms with E-state index in [1.165, 1.54) is 0 Å². The standard InChI is InChI=1S/C20H20N4O2/c1-2-19-22-20(23-26-19)15-8-10-16(11-9-15)25-13-5-12-24-14-21-17-6-3-4-7-18(17)24/h3-4,6-11,14H,2,5,12-13H2,1H3. The largest absolute Gasteiger partial charge is 0.494 e. The molecule has 0 amide bonds. The van der Waals surface area contributed by atoms with Crippen LogP contribution in [0.1, 0.15) is 19.2 Å². The minimum atomic E-state index is 0.611. The van der Waals surface area contributed by atoms with E-state index in [9.17, 15) is 0 Å². The second kappa shape index (κ2) is 7.39. The van der Waals surface area contributed by atoms with Gasteiger partial charge in [0.2, 0.25) is 11.7 Å². The fourth-order valence-corrected chi connectivity index (χ4v) is 2.83. The van der Waals surface area contributed by atoms with Crippen LogP contribution in [-0.2, 0) is 13.0 Å². The highest BCUT2D eigenvalue weighted by Crippen LogP contribution is 2.20. The molecule has 26 heavy (non-hydrogen) atoms. The van der Waals surface area contributed by atoms with Crippen molar-refractivity contribution in [1.29, 1.82) is 0 Å². The molecule has 0 atom stereocenters. The second-order valence-corrected chi connectivity index (χ2v) is 6.02. The zero-order valence-corrected chi connectivity index (χ0v) is 14.6. The van der Waals surface area contributed by atoms with Gasteiger partial charge < -0.3 is 13.8 Å². The van der Waals surface area contributed by atoms with Gasteiger partial charge in [0.25, 0.3) is 0 Å². The first-order valence-electron chi connectivity index (χ1n) is 8.79. The Morgan fingerprint density at radius 3 is 2.73 bits per heavy atom. The fourth-order valence-electron chi connectivity index (χ4n) is 2.83. The number of benzene rings is 2. The number of hydrogen-bond acceptors (Lipinski definition) is 5. The Labute approximate surface area is 151 Å². The summed E-state index contributed by atoms with van der Waals surface area (Å²) >= 11 is 0. The monoisotopic (exact) mass is 348 g/mol. The van der Waals surface area contributed by atoms with Crippen molar-refractivity contribution in [2.45, 2.75) is 26.3 Å². The summed E-state index contributed by atoms with van der Waals surface area (Å²) in [5.41, 5.74) is 3.10. The Kier molecular flexibility index (Phi) is 4.64. The maximum Gasteiger partial charge on any atom is 0.226 e. The Morgan fingerprint density at radius 2 is 1.92 bits per heavy atom. The lowest BCUT2D eigenvalue weighted by Crippen LogP contribution is -2.03. The third-order valence-electron chi connectivity index (χ3n) is 4.22. The molecule has 0 fully saturated rings. The van der Waals surface area contributed by atoms with E-state index in [-0.39, 0.29) is 0 Å². The SMILES string of the molecule is CCc1nc(-c2ccc(OCCCn3cnc4ccccc43)cc2)no1. The van der Waals surface area contributed by atoms with Crippen LogP contribution in [0.15, 0.2) is 59.4 Å². The molecule has 2 heterocycles. The molecule has 132 valence electrons. The maximum absolute atomic E-state index is 5.84. The maximum atomic E-state index is 5.84. The van der Waals surface area contributed by atoms with E-state index in [1.807, 2.05) is 55.7 Å². The van der Waals surface area contributed by atoms with Gasteiger partial charge in [0.1, 0.15) is 5.75 Å². The Morgan fingerprint density at radius 1 is 1.08 bits per heavy atom. The van der Waals surface area contributed by atoms with Crippen molar-refractivity contribution >= 4 is 11.0 Å². The van der Waals surface area contributed by atoms with E-state index in [0.717, 1.165) is 41.7 Å². The van der Waals surface area contributed by atoms with Gasteiger partial charge in [-0.3, -0.25) is 0 Å². The van der Waals surface area contributed by atoms with E-state index in [2.05, 4.69) is 25.8 Å². The molecule has 4 aromatic rings. The molecule has 4 rings (SSSR count). The van der Waals surface area contributed by atoms with Crippen LogP contribution in [0.5, 0.6) is 5.75 Å². The quantitative estimate of drug-likeness (QED) is 0.470. The van der Waals surface area contributed by atoms with Gasteiger partial charge in [-0.1, -0.05) is 24.2 Å². The Hall–Kier alpha value is -3.15. The molecule has 0 aliphatic heterocycles. The van der Waals surface area contributed by atoms with E-state index in [1.54, 1.807) is 0 Å². The van der Waals surface area contributed by atoms with Gasteiger partial charge in [0.15, 0.2) is 0 Å². The minimum absolute atomic E-state index is 0.611. The topological polar surface area (TPSA) is 66.0 Å². The van der Waals surface area contributed by atoms with E-state index >= 15 is 0 Å². The number of hydrogen-bond donors (Lipinski definition) is 0. The van der Waals surface area contributed by atoms with Crippen molar-refractivity contribution in [3.05, 3.63) is 60.7 Å². The zero-order valence-electron chi connectivity index (χ0n) is 14.6. The molecule has 0 aliphatic rings. The van der Waals surface area contributed by atoms with Gasteiger partial charge in [-0.05, 0) is 42.8 Å². The van der Waals surface area contributed by atoms with Crippen LogP contribution >= 0.6 is 0 Å². The number of rotatable bonds is 7. The van der Waals surface area contributed by atoms with Gasteiger partial charge in [-0.15, -0.1) is 0 Å². The van der Waals surface area contributed by atoms with Crippen LogP contribution in [0.2, 0.25) is 0 Å². The van der Waals surface area contributed by atoms with E-state index in [4.69, 9.17) is 9.26 Å². The third kappa shape index (κ3) is 3.44. The summed E-state index contributed by atoms with van der Waals surface area (Å²) in [4.78, 5) is 8.73. The zero-order chi connectivity index (χ0) is 17.8. The van der Waals surface area contributed by atoms with Crippen molar-refractivity contribution < 1.29 is 9.26 Å². The average Bonchev–Trinajstić information content (AvgIpc) is 3.33. The number of ether oxygens (including phenoxy) is 1. The Bertz CT molecular complexity index is 988. The lowest BCUT2D eigenvalue weighted by molar-refractivity contribution is 0.302. The molecule has 0 radical (unpaired) electrons. The van der Waals surface area contributed by atoms with Gasteiger partial charge >= 0.3 is 0 Å². The first kappa shape index (κ1) is 16.3. The molecule has 2 aromatic heterocycles. The van der Waals surface area contributed by atoms with Gasteiger partial charge in [-0.2, -0.15) is 4.98 Å². The molecule has 0 bridgehead atoms. The summed E-state index contributed by atoms with van der Waals surface area (Å²) in [5, 5.41) is 3.98. The van der Waals surface area contributed by atoms with Crippen LogP contribution in [0.4, 0.5) is 0 Å². The van der Waals surface area contributed by atoms with Gasteiger partial charge in [-0.25, -0.2) is 4.98 Å². The highest BCUT2D eigenvalue weighted by molar-refractivity contribution is 5.74. The van der Waals surface area contributed by atoms with Crippen LogP contribution in [0.3, 0.4) is 0 Å². The molecular formula is C20H20N4O2. The molecule has 0 aliphatic carbocycles. The molecule has 0 unspecified atom stereocenters. The van der Waals surface area contributed by atoms with Gasteiger partial charge in [0.05, 0.1) is 24.0 Å². The van der Waals surface area contributed by atoms with Crippen LogP contribution in [0, 0.1) is 0 Å². The first-order chi connectivity index (χ1) is 12.8. The lowest BCUT2D eigenvalue weighted by atomic mass is 10.2. The second-order valence-electron chi connectivity index (χ2n) is 6.02. The van der Waals surface area contributed by atoms with Crippen molar-refractivity contribution in [3.8, 4) is 17.1 Å². The molecule has 6 nitrogen and oxygen atoms in total. The van der Waals surface area contributed by atoms with Crippen LogP contribution in [-0.4, -0.2) is 26.3 Å². The Balaban J connectivity index is 1.31. The number of imidazole rings is 1. The highest BCUT2D eigenvalue weighted by Gasteiger charge is 2.07. The molecule has 2 aromatic carbocycles. The number of aromatic nitrogens is 4. The van der Waals surface area contributed by atoms with Crippen LogP contribution in [0.25, 0.3) is 22.4 Å². The van der Waals surface area contributed by atoms with Crippen molar-refractivity contribution in [2.24, 2.45) is 0 Å². The smallest absolute Gasteiger partial charge is 0.226 e.